The minimum Gasteiger partial charge on any atom is -0.493 e. The number of nitrogens with one attached hydrogen (secondary N) is 1. The van der Waals surface area contributed by atoms with Crippen molar-refractivity contribution in [3.63, 3.8) is 0 Å². The molecule has 0 unspecified atom stereocenters. The van der Waals surface area contributed by atoms with Crippen LogP contribution in [0.4, 0.5) is 0 Å². The predicted molar refractivity (Wildman–Crippen MR) is 84.0 cm³/mol. The van der Waals surface area contributed by atoms with Crippen molar-refractivity contribution in [1.82, 2.24) is 10.2 Å². The zero-order valence-corrected chi connectivity index (χ0v) is 13.4. The molecule has 1 aromatic rings. The van der Waals surface area contributed by atoms with Gasteiger partial charge in [0.15, 0.2) is 11.5 Å². The van der Waals surface area contributed by atoms with Crippen LogP contribution in [0.2, 0.25) is 0 Å². The summed E-state index contributed by atoms with van der Waals surface area (Å²) in [6.45, 7) is 7.50. The molecule has 1 atom stereocenters. The highest BCUT2D eigenvalue weighted by molar-refractivity contribution is 5.85. The molecule has 0 saturated carbocycles. The Morgan fingerprint density at radius 2 is 2.14 bits per heavy atom. The number of halogens is 1. The second-order valence-corrected chi connectivity index (χ2v) is 5.41. The fourth-order valence-electron chi connectivity index (χ4n) is 2.83. The monoisotopic (exact) mass is 314 g/mol. The Morgan fingerprint density at radius 1 is 1.33 bits per heavy atom. The number of benzene rings is 1. The minimum absolute atomic E-state index is 0. The Balaban J connectivity index is 0.00000161. The van der Waals surface area contributed by atoms with Crippen LogP contribution in [0.15, 0.2) is 12.1 Å². The van der Waals surface area contributed by atoms with Gasteiger partial charge in [-0.15, -0.1) is 12.4 Å². The van der Waals surface area contributed by atoms with Gasteiger partial charge in [0.25, 0.3) is 0 Å². The van der Waals surface area contributed by atoms with Gasteiger partial charge in [-0.05, 0) is 24.6 Å². The van der Waals surface area contributed by atoms with Gasteiger partial charge in [-0.2, -0.15) is 0 Å². The molecule has 0 radical (unpaired) electrons. The maximum absolute atomic E-state index is 5.68. The van der Waals surface area contributed by atoms with Crippen molar-refractivity contribution in [1.29, 1.82) is 0 Å². The fraction of sp³-hybridized carbons (Fsp3) is 0.600. The van der Waals surface area contributed by atoms with E-state index in [0.717, 1.165) is 43.4 Å². The molecule has 0 aromatic heterocycles. The zero-order valence-electron chi connectivity index (χ0n) is 12.6. The smallest absolute Gasteiger partial charge is 0.203 e. The molecule has 2 heterocycles. The van der Waals surface area contributed by atoms with E-state index in [-0.39, 0.29) is 12.4 Å². The topological polar surface area (TPSA) is 43.0 Å². The molecule has 1 saturated heterocycles. The lowest BCUT2D eigenvalue weighted by Crippen LogP contribution is -2.48. The average Bonchev–Trinajstić information content (AvgIpc) is 2.46. The van der Waals surface area contributed by atoms with Gasteiger partial charge < -0.3 is 19.5 Å². The van der Waals surface area contributed by atoms with E-state index in [9.17, 15) is 0 Å². The van der Waals surface area contributed by atoms with Gasteiger partial charge in [0.05, 0.1) is 7.11 Å². The molecule has 1 fully saturated rings. The van der Waals surface area contributed by atoms with E-state index in [0.29, 0.717) is 19.3 Å². The first-order chi connectivity index (χ1) is 9.76. The first-order valence-electron chi connectivity index (χ1n) is 7.18. The van der Waals surface area contributed by atoms with E-state index >= 15 is 0 Å². The minimum atomic E-state index is 0. The van der Waals surface area contributed by atoms with Crippen molar-refractivity contribution < 1.29 is 14.2 Å². The normalized spacial score (nSPS) is 21.5. The molecule has 1 aromatic carbocycles. The molecule has 1 N–H and O–H groups in total. The number of rotatable bonds is 3. The summed E-state index contributed by atoms with van der Waals surface area (Å²) >= 11 is 0. The summed E-state index contributed by atoms with van der Waals surface area (Å²) in [4.78, 5) is 2.45. The molecule has 5 nitrogen and oxygen atoms in total. The van der Waals surface area contributed by atoms with Gasteiger partial charge in [0.1, 0.15) is 13.2 Å². The van der Waals surface area contributed by atoms with Crippen LogP contribution in [0, 0.1) is 0 Å². The highest BCUT2D eigenvalue weighted by Gasteiger charge is 2.21. The molecular weight excluding hydrogens is 292 g/mol. The average molecular weight is 315 g/mol. The number of methoxy groups -OCH3 is 1. The van der Waals surface area contributed by atoms with Crippen molar-refractivity contribution in [2.24, 2.45) is 0 Å². The first kappa shape index (κ1) is 16.2. The number of hydrogen-bond acceptors (Lipinski definition) is 5. The molecule has 0 aliphatic carbocycles. The second kappa shape index (κ2) is 7.20. The Kier molecular flexibility index (Phi) is 5.56. The summed E-state index contributed by atoms with van der Waals surface area (Å²) in [5.74, 6) is 2.30. The van der Waals surface area contributed by atoms with Gasteiger partial charge in [0.2, 0.25) is 5.75 Å². The fourth-order valence-corrected chi connectivity index (χ4v) is 2.83. The highest BCUT2D eigenvalue weighted by atomic mass is 35.5. The molecule has 2 aliphatic rings. The van der Waals surface area contributed by atoms with Crippen LogP contribution in [0.3, 0.4) is 0 Å². The van der Waals surface area contributed by atoms with E-state index in [2.05, 4.69) is 29.3 Å². The molecule has 0 amide bonds. The first-order valence-corrected chi connectivity index (χ1v) is 7.18. The molecule has 3 rings (SSSR count). The molecule has 2 aliphatic heterocycles. The Hall–Kier alpha value is -1.17. The number of hydrogen-bond donors (Lipinski definition) is 1. The molecule has 0 bridgehead atoms. The van der Waals surface area contributed by atoms with Gasteiger partial charge >= 0.3 is 0 Å². The van der Waals surface area contributed by atoms with Crippen LogP contribution in [-0.2, 0) is 6.54 Å². The number of piperazine rings is 1. The Morgan fingerprint density at radius 3 is 2.90 bits per heavy atom. The van der Waals surface area contributed by atoms with E-state index in [4.69, 9.17) is 14.2 Å². The molecule has 0 spiro atoms. The van der Waals surface area contributed by atoms with Gasteiger partial charge in [-0.1, -0.05) is 0 Å². The van der Waals surface area contributed by atoms with Crippen LogP contribution >= 0.6 is 12.4 Å². The van der Waals surface area contributed by atoms with Crippen molar-refractivity contribution in [2.75, 3.05) is 40.0 Å². The Labute approximate surface area is 132 Å². The summed E-state index contributed by atoms with van der Waals surface area (Å²) < 4.78 is 16.7. The van der Waals surface area contributed by atoms with Crippen LogP contribution in [0.1, 0.15) is 12.5 Å². The van der Waals surface area contributed by atoms with Gasteiger partial charge in [-0.25, -0.2) is 0 Å². The third-order valence-electron chi connectivity index (χ3n) is 3.75. The summed E-state index contributed by atoms with van der Waals surface area (Å²) in [7, 11) is 1.67. The zero-order chi connectivity index (χ0) is 13.9. The second-order valence-electron chi connectivity index (χ2n) is 5.41. The molecular formula is C15H23ClN2O3. The largest absolute Gasteiger partial charge is 0.493 e. The van der Waals surface area contributed by atoms with Crippen molar-refractivity contribution in [3.05, 3.63) is 17.7 Å². The molecule has 6 heteroatoms. The third kappa shape index (κ3) is 3.73. The number of fused-ring (bicyclic) bond motifs is 1. The summed E-state index contributed by atoms with van der Waals surface area (Å²) in [5.41, 5.74) is 1.21. The van der Waals surface area contributed by atoms with Gasteiger partial charge in [0, 0.05) is 32.2 Å². The van der Waals surface area contributed by atoms with E-state index < -0.39 is 0 Å². The Bertz CT molecular complexity index is 467. The van der Waals surface area contributed by atoms with Crippen LogP contribution in [0.25, 0.3) is 0 Å². The van der Waals surface area contributed by atoms with Crippen LogP contribution in [-0.4, -0.2) is 50.9 Å². The lowest BCUT2D eigenvalue weighted by atomic mass is 10.1. The number of ether oxygens (including phenoxy) is 3. The number of nitrogens with zero attached hydrogens (tertiary/aromatic N) is 1. The quantitative estimate of drug-likeness (QED) is 0.919. The van der Waals surface area contributed by atoms with E-state index in [1.54, 1.807) is 7.11 Å². The molecule has 21 heavy (non-hydrogen) atoms. The predicted octanol–water partition coefficient (Wildman–Crippen LogP) is 1.68. The molecule has 118 valence electrons. The maximum Gasteiger partial charge on any atom is 0.203 e. The van der Waals surface area contributed by atoms with Crippen molar-refractivity contribution in [3.8, 4) is 17.2 Å². The summed E-state index contributed by atoms with van der Waals surface area (Å²) in [6, 6.07) is 4.67. The van der Waals surface area contributed by atoms with Crippen LogP contribution in [0.5, 0.6) is 17.2 Å². The van der Waals surface area contributed by atoms with E-state index in [1.807, 2.05) is 0 Å². The summed E-state index contributed by atoms with van der Waals surface area (Å²) in [6.07, 6.45) is 0. The standard InChI is InChI=1S/C15H22N2O3.ClH/c1-11-9-17(4-3-16-11)10-12-7-13(18-2)15-14(8-12)19-5-6-20-15;/h7-8,11,16H,3-6,9-10H2,1-2H3;1H/t11-;/m1./s1. The van der Waals surface area contributed by atoms with Crippen molar-refractivity contribution >= 4 is 12.4 Å². The maximum atomic E-state index is 5.68. The highest BCUT2D eigenvalue weighted by Crippen LogP contribution is 2.40. The van der Waals surface area contributed by atoms with Gasteiger partial charge in [-0.3, -0.25) is 4.90 Å². The van der Waals surface area contributed by atoms with E-state index in [1.165, 1.54) is 5.56 Å². The lowest BCUT2D eigenvalue weighted by molar-refractivity contribution is 0.163. The third-order valence-corrected chi connectivity index (χ3v) is 3.75. The summed E-state index contributed by atoms with van der Waals surface area (Å²) in [5, 5.41) is 3.46. The van der Waals surface area contributed by atoms with Crippen molar-refractivity contribution in [2.45, 2.75) is 19.5 Å². The van der Waals surface area contributed by atoms with Crippen LogP contribution < -0.4 is 19.5 Å². The lowest BCUT2D eigenvalue weighted by Gasteiger charge is -2.32. The SMILES string of the molecule is COc1cc(CN2CCN[C@H](C)C2)cc2c1OCCO2.Cl.